The van der Waals surface area contributed by atoms with Crippen molar-refractivity contribution >= 4 is 18.2 Å². The Labute approximate surface area is 124 Å². The lowest BCUT2D eigenvalue weighted by Gasteiger charge is -2.11. The third-order valence-corrected chi connectivity index (χ3v) is 3.00. The Hall–Kier alpha value is -1.56. The maximum Gasteiger partial charge on any atom is 0.127 e. The van der Waals surface area contributed by atoms with Gasteiger partial charge in [-0.1, -0.05) is 6.92 Å². The molecular formula is C13H21ClFN5. The Morgan fingerprint density at radius 2 is 2.05 bits per heavy atom. The van der Waals surface area contributed by atoms with E-state index in [1.165, 1.54) is 0 Å². The Kier molecular flexibility index (Phi) is 6.51. The predicted octanol–water partition coefficient (Wildman–Crippen LogP) is 2.80. The van der Waals surface area contributed by atoms with Gasteiger partial charge in [-0.25, -0.2) is 9.07 Å². The van der Waals surface area contributed by atoms with Gasteiger partial charge in [0.15, 0.2) is 0 Å². The minimum Gasteiger partial charge on any atom is -0.364 e. The van der Waals surface area contributed by atoms with E-state index in [0.717, 1.165) is 30.0 Å². The number of hydrogen-bond acceptors (Lipinski definition) is 3. The van der Waals surface area contributed by atoms with Crippen LogP contribution in [0.25, 0.3) is 0 Å². The molecule has 2 aromatic heterocycles. The van der Waals surface area contributed by atoms with Gasteiger partial charge in [-0.05, 0) is 19.4 Å². The smallest absolute Gasteiger partial charge is 0.127 e. The highest BCUT2D eigenvalue weighted by atomic mass is 35.5. The van der Waals surface area contributed by atoms with Crippen molar-refractivity contribution in [1.29, 1.82) is 0 Å². The summed E-state index contributed by atoms with van der Waals surface area (Å²) in [6, 6.07) is 1.99. The topological polar surface area (TPSA) is 47.7 Å². The van der Waals surface area contributed by atoms with E-state index < -0.39 is 6.67 Å². The minimum absolute atomic E-state index is 0. The molecule has 0 atom stereocenters. The average Bonchev–Trinajstić information content (AvgIpc) is 2.96. The zero-order valence-electron chi connectivity index (χ0n) is 11.8. The fraction of sp³-hybridized carbons (Fsp3) is 0.538. The summed E-state index contributed by atoms with van der Waals surface area (Å²) >= 11 is 0. The Balaban J connectivity index is 0.00000200. The van der Waals surface area contributed by atoms with E-state index in [9.17, 15) is 4.39 Å². The Bertz CT molecular complexity index is 523. The molecule has 0 radical (unpaired) electrons. The van der Waals surface area contributed by atoms with Gasteiger partial charge in [0, 0.05) is 18.3 Å². The zero-order chi connectivity index (χ0) is 13.7. The minimum atomic E-state index is -0.413. The highest BCUT2D eigenvalue weighted by molar-refractivity contribution is 5.85. The molecule has 0 saturated carbocycles. The molecule has 20 heavy (non-hydrogen) atoms. The second-order valence-electron chi connectivity index (χ2n) is 4.49. The first-order valence-electron chi connectivity index (χ1n) is 6.59. The van der Waals surface area contributed by atoms with Gasteiger partial charge >= 0.3 is 0 Å². The number of nitrogens with one attached hydrogen (secondary N) is 1. The van der Waals surface area contributed by atoms with E-state index >= 15 is 0 Å². The third-order valence-electron chi connectivity index (χ3n) is 3.00. The first-order chi connectivity index (χ1) is 9.26. The van der Waals surface area contributed by atoms with Gasteiger partial charge in [0.05, 0.1) is 25.0 Å². The summed E-state index contributed by atoms with van der Waals surface area (Å²) in [6.07, 6.45) is 4.60. The molecule has 0 aliphatic carbocycles. The van der Waals surface area contributed by atoms with Gasteiger partial charge in [-0.3, -0.25) is 4.68 Å². The number of aromatic nitrogens is 4. The summed E-state index contributed by atoms with van der Waals surface area (Å²) in [4.78, 5) is 0. The predicted molar refractivity (Wildman–Crippen MR) is 80.0 cm³/mol. The van der Waals surface area contributed by atoms with Crippen LogP contribution in [0.4, 0.5) is 10.2 Å². The highest BCUT2D eigenvalue weighted by Gasteiger charge is 2.08. The first kappa shape index (κ1) is 16.5. The number of anilines is 1. The van der Waals surface area contributed by atoms with Crippen LogP contribution in [0.15, 0.2) is 18.5 Å². The normalized spacial score (nSPS) is 10.3. The van der Waals surface area contributed by atoms with Crippen LogP contribution in [-0.2, 0) is 19.6 Å². The highest BCUT2D eigenvalue weighted by Crippen LogP contribution is 2.15. The second kappa shape index (κ2) is 7.89. The summed E-state index contributed by atoms with van der Waals surface area (Å²) in [6.45, 7) is 5.53. The maximum atomic E-state index is 12.4. The molecule has 5 nitrogen and oxygen atoms in total. The molecular weight excluding hydrogens is 281 g/mol. The van der Waals surface area contributed by atoms with Gasteiger partial charge in [-0.2, -0.15) is 10.2 Å². The van der Waals surface area contributed by atoms with Crippen LogP contribution in [-0.4, -0.2) is 26.2 Å². The van der Waals surface area contributed by atoms with Crippen LogP contribution in [0.3, 0.4) is 0 Å². The van der Waals surface area contributed by atoms with Gasteiger partial charge in [-0.15, -0.1) is 12.4 Å². The van der Waals surface area contributed by atoms with E-state index in [2.05, 4.69) is 22.4 Å². The van der Waals surface area contributed by atoms with Crippen LogP contribution >= 0.6 is 12.4 Å². The van der Waals surface area contributed by atoms with Gasteiger partial charge in [0.1, 0.15) is 12.5 Å². The summed E-state index contributed by atoms with van der Waals surface area (Å²) in [5.41, 5.74) is 2.14. The van der Waals surface area contributed by atoms with Crippen molar-refractivity contribution in [3.63, 3.8) is 0 Å². The lowest BCUT2D eigenvalue weighted by Crippen LogP contribution is -2.13. The number of halogens is 2. The molecule has 0 saturated heterocycles. The molecule has 0 aromatic carbocycles. The molecule has 112 valence electrons. The van der Waals surface area contributed by atoms with Crippen molar-refractivity contribution < 1.29 is 4.39 Å². The quantitative estimate of drug-likeness (QED) is 0.855. The first-order valence-corrected chi connectivity index (χ1v) is 6.59. The van der Waals surface area contributed by atoms with E-state index in [1.807, 2.05) is 17.7 Å². The molecule has 2 heterocycles. The van der Waals surface area contributed by atoms with Crippen LogP contribution < -0.4 is 5.32 Å². The van der Waals surface area contributed by atoms with Gasteiger partial charge < -0.3 is 5.32 Å². The molecule has 0 aliphatic rings. The molecule has 2 aromatic rings. The van der Waals surface area contributed by atoms with Gasteiger partial charge in [0.25, 0.3) is 0 Å². The lowest BCUT2D eigenvalue weighted by molar-refractivity contribution is 0.429. The van der Waals surface area contributed by atoms with Crippen molar-refractivity contribution in [3.8, 4) is 0 Å². The largest absolute Gasteiger partial charge is 0.364 e. The molecule has 0 spiro atoms. The van der Waals surface area contributed by atoms with Crippen LogP contribution in [0.5, 0.6) is 0 Å². The second-order valence-corrected chi connectivity index (χ2v) is 4.49. The maximum absolute atomic E-state index is 12.4. The number of hydrogen-bond donors (Lipinski definition) is 1. The molecule has 0 amide bonds. The standard InChI is InChI=1S/C13H20FN5.ClH/c1-3-7-18-12(4-6-16-18)10-15-13-11(2)9-17-19(13)8-5-14;/h4,6,9,15H,3,5,7-8,10H2,1-2H3;1H. The molecule has 0 aliphatic heterocycles. The van der Waals surface area contributed by atoms with Crippen molar-refractivity contribution in [1.82, 2.24) is 19.6 Å². The molecule has 0 bridgehead atoms. The van der Waals surface area contributed by atoms with Crippen molar-refractivity contribution in [2.75, 3.05) is 12.0 Å². The van der Waals surface area contributed by atoms with Crippen LogP contribution in [0.1, 0.15) is 24.6 Å². The van der Waals surface area contributed by atoms with E-state index in [4.69, 9.17) is 0 Å². The summed E-state index contributed by atoms with van der Waals surface area (Å²) in [7, 11) is 0. The van der Waals surface area contributed by atoms with Crippen LogP contribution in [0, 0.1) is 6.92 Å². The summed E-state index contributed by atoms with van der Waals surface area (Å²) in [5, 5.41) is 11.8. The molecule has 2 rings (SSSR count). The average molecular weight is 302 g/mol. The van der Waals surface area contributed by atoms with E-state index in [-0.39, 0.29) is 19.0 Å². The third kappa shape index (κ3) is 3.72. The molecule has 0 unspecified atom stereocenters. The number of nitrogens with zero attached hydrogens (tertiary/aromatic N) is 4. The molecule has 0 fully saturated rings. The SMILES string of the molecule is CCCn1nccc1CNc1c(C)cnn1CCF.Cl. The fourth-order valence-corrected chi connectivity index (χ4v) is 2.06. The zero-order valence-corrected chi connectivity index (χ0v) is 12.7. The van der Waals surface area contributed by atoms with E-state index in [1.54, 1.807) is 17.1 Å². The fourth-order valence-electron chi connectivity index (χ4n) is 2.06. The number of aryl methyl sites for hydroxylation is 3. The Morgan fingerprint density at radius 1 is 1.25 bits per heavy atom. The summed E-state index contributed by atoms with van der Waals surface area (Å²) < 4.78 is 16.1. The molecule has 1 N–H and O–H groups in total. The summed E-state index contributed by atoms with van der Waals surface area (Å²) in [5.74, 6) is 0.877. The number of alkyl halides is 1. The van der Waals surface area contributed by atoms with Crippen LogP contribution in [0.2, 0.25) is 0 Å². The Morgan fingerprint density at radius 3 is 2.75 bits per heavy atom. The monoisotopic (exact) mass is 301 g/mol. The van der Waals surface area contributed by atoms with Crippen molar-refractivity contribution in [3.05, 3.63) is 29.7 Å². The van der Waals surface area contributed by atoms with Crippen molar-refractivity contribution in [2.24, 2.45) is 0 Å². The molecule has 7 heteroatoms. The van der Waals surface area contributed by atoms with E-state index in [0.29, 0.717) is 6.54 Å². The van der Waals surface area contributed by atoms with Gasteiger partial charge in [0.2, 0.25) is 0 Å². The van der Waals surface area contributed by atoms with Crippen molar-refractivity contribution in [2.45, 2.75) is 39.9 Å². The number of rotatable bonds is 7. The lowest BCUT2D eigenvalue weighted by atomic mass is 10.3.